The number of esters is 1. The summed E-state index contributed by atoms with van der Waals surface area (Å²) in [6.45, 7) is -0.382. The topological polar surface area (TPSA) is 53.4 Å². The summed E-state index contributed by atoms with van der Waals surface area (Å²) in [7, 11) is 1.26. The summed E-state index contributed by atoms with van der Waals surface area (Å²) in [6, 6.07) is 12.4. The van der Waals surface area contributed by atoms with Crippen molar-refractivity contribution in [2.75, 3.05) is 7.11 Å². The van der Waals surface area contributed by atoms with E-state index in [-0.39, 0.29) is 12.2 Å². The van der Waals surface area contributed by atoms with Gasteiger partial charge in [0, 0.05) is 0 Å². The van der Waals surface area contributed by atoms with Crippen LogP contribution in [0.25, 0.3) is 11.0 Å². The highest BCUT2D eigenvalue weighted by Gasteiger charge is 2.50. The molecule has 2 unspecified atom stereocenters. The molecule has 4 rings (SSSR count). The molecule has 0 N–H and O–H groups in total. The van der Waals surface area contributed by atoms with Crippen LogP contribution in [0.3, 0.4) is 0 Å². The lowest BCUT2D eigenvalue weighted by Crippen LogP contribution is -2.46. The molecule has 0 aliphatic carbocycles. The van der Waals surface area contributed by atoms with Crippen molar-refractivity contribution in [3.63, 3.8) is 0 Å². The molecule has 162 valence electrons. The number of hydrogen-bond donors (Lipinski definition) is 0. The summed E-state index contributed by atoms with van der Waals surface area (Å²) in [5.41, 5.74) is -0.986. The van der Waals surface area contributed by atoms with Crippen LogP contribution in [0.2, 0.25) is 0 Å². The molecule has 0 saturated carbocycles. The smallest absolute Gasteiger partial charge is 0.416 e. The van der Waals surface area contributed by atoms with Gasteiger partial charge in [-0.05, 0) is 51.2 Å². The molecule has 1 aromatic heterocycles. The molecule has 0 saturated heterocycles. The second-order valence-electron chi connectivity index (χ2n) is 6.74. The number of para-hydroxylation sites is 2. The third-order valence-corrected chi connectivity index (χ3v) is 6.59. The van der Waals surface area contributed by atoms with Crippen molar-refractivity contribution in [1.82, 2.24) is 9.55 Å². The van der Waals surface area contributed by atoms with Crippen LogP contribution in [0.15, 0.2) is 64.7 Å². The Bertz CT molecular complexity index is 1160. The molecule has 0 spiro atoms. The van der Waals surface area contributed by atoms with E-state index in [0.717, 1.165) is 6.07 Å². The van der Waals surface area contributed by atoms with Crippen molar-refractivity contribution in [2.24, 2.45) is 0 Å². The fourth-order valence-electron chi connectivity index (χ4n) is 3.56. The fraction of sp³-hybridized carbons (Fsp3) is 0.238. The van der Waals surface area contributed by atoms with Crippen LogP contribution >= 0.6 is 27.7 Å². The molecule has 1 aliphatic rings. The van der Waals surface area contributed by atoms with Crippen LogP contribution in [-0.4, -0.2) is 27.9 Å². The van der Waals surface area contributed by atoms with Crippen molar-refractivity contribution >= 4 is 44.7 Å². The van der Waals surface area contributed by atoms with Crippen molar-refractivity contribution < 1.29 is 27.4 Å². The van der Waals surface area contributed by atoms with Crippen molar-refractivity contribution in [2.45, 2.75) is 23.8 Å². The predicted molar refractivity (Wildman–Crippen MR) is 114 cm³/mol. The molecule has 0 radical (unpaired) electrons. The highest BCUT2D eigenvalue weighted by Crippen LogP contribution is 2.45. The maximum atomic E-state index is 13.5. The van der Waals surface area contributed by atoms with E-state index < -0.39 is 28.7 Å². The lowest BCUT2D eigenvalue weighted by Gasteiger charge is -2.35. The molecule has 0 fully saturated rings. The molecule has 2 heterocycles. The second kappa shape index (κ2) is 8.33. The Morgan fingerprint density at radius 2 is 1.94 bits per heavy atom. The highest BCUT2D eigenvalue weighted by atomic mass is 79.9. The van der Waals surface area contributed by atoms with Crippen LogP contribution in [0.1, 0.15) is 11.1 Å². The first kappa shape index (κ1) is 21.9. The van der Waals surface area contributed by atoms with Crippen molar-refractivity contribution in [3.05, 3.63) is 75.9 Å². The van der Waals surface area contributed by atoms with E-state index in [9.17, 15) is 18.0 Å². The van der Waals surface area contributed by atoms with E-state index in [0.29, 0.717) is 15.8 Å². The van der Waals surface area contributed by atoms with Gasteiger partial charge >= 0.3 is 12.1 Å². The van der Waals surface area contributed by atoms with Crippen molar-refractivity contribution in [1.29, 1.82) is 0 Å². The van der Waals surface area contributed by atoms with Crippen LogP contribution in [0.5, 0.6) is 0 Å². The molecule has 2 aromatic carbocycles. The number of hydrogen-bond acceptors (Lipinski definition) is 5. The molecule has 0 amide bonds. The van der Waals surface area contributed by atoms with E-state index in [4.69, 9.17) is 9.47 Å². The molecular formula is C21H16BrF3N2O3S. The average Bonchev–Trinajstić information content (AvgIpc) is 3.32. The number of thioether (sulfide) groups is 1. The number of alkyl halides is 3. The third kappa shape index (κ3) is 3.88. The Kier molecular flexibility index (Phi) is 5.89. The minimum absolute atomic E-state index is 0.0381. The minimum atomic E-state index is -4.53. The van der Waals surface area contributed by atoms with E-state index in [1.165, 1.54) is 37.1 Å². The fourth-order valence-corrected chi connectivity index (χ4v) is 5.30. The Balaban J connectivity index is 1.83. The third-order valence-electron chi connectivity index (χ3n) is 4.96. The second-order valence-corrected chi connectivity index (χ2v) is 8.47. The van der Waals surface area contributed by atoms with Crippen LogP contribution < -0.4 is 0 Å². The number of aromatic nitrogens is 2. The molecule has 2 atom stereocenters. The number of benzene rings is 2. The standard InChI is InChI=1S/C21H16BrF3N2O3S/c1-29-18(28)17-20(10-11-31-17,27-16-9-5-4-8-15(16)26-19(27)22)30-12-13-6-2-3-7-14(13)21(23,24)25/h2-11,17H,12H2,1H3. The normalized spacial score (nSPS) is 21.0. The zero-order valence-electron chi connectivity index (χ0n) is 16.1. The first-order valence-electron chi connectivity index (χ1n) is 9.11. The molecule has 5 nitrogen and oxygen atoms in total. The molecule has 1 aliphatic heterocycles. The Hall–Kier alpha value is -2.30. The maximum absolute atomic E-state index is 13.5. The first-order valence-corrected chi connectivity index (χ1v) is 10.8. The van der Waals surface area contributed by atoms with Crippen molar-refractivity contribution in [3.8, 4) is 0 Å². The van der Waals surface area contributed by atoms with Gasteiger partial charge in [0.2, 0.25) is 0 Å². The van der Waals surface area contributed by atoms with E-state index >= 15 is 0 Å². The van der Waals surface area contributed by atoms with Gasteiger partial charge in [-0.2, -0.15) is 13.2 Å². The predicted octanol–water partition coefficient (Wildman–Crippen LogP) is 5.49. The summed E-state index contributed by atoms with van der Waals surface area (Å²) in [5, 5.41) is 0.794. The number of methoxy groups -OCH3 is 1. The molecule has 31 heavy (non-hydrogen) atoms. The van der Waals surface area contributed by atoms with Gasteiger partial charge in [0.05, 0.1) is 30.3 Å². The lowest BCUT2D eigenvalue weighted by atomic mass is 10.1. The van der Waals surface area contributed by atoms with Gasteiger partial charge in [-0.1, -0.05) is 30.3 Å². The molecular weight excluding hydrogens is 497 g/mol. The molecule has 3 aromatic rings. The van der Waals surface area contributed by atoms with Gasteiger partial charge in [0.25, 0.3) is 0 Å². The SMILES string of the molecule is COC(=O)C1SC=CC1(OCc1ccccc1C(F)(F)F)n1c(Br)nc2ccccc21. The van der Waals surface area contributed by atoms with Gasteiger partial charge in [0.15, 0.2) is 15.7 Å². The zero-order chi connectivity index (χ0) is 22.2. The first-order chi connectivity index (χ1) is 14.8. The number of carbonyl (C=O) groups is 1. The summed E-state index contributed by atoms with van der Waals surface area (Å²) >= 11 is 4.59. The number of imidazole rings is 1. The monoisotopic (exact) mass is 512 g/mol. The molecule has 10 heteroatoms. The Labute approximate surface area is 188 Å². The minimum Gasteiger partial charge on any atom is -0.468 e. The maximum Gasteiger partial charge on any atom is 0.416 e. The number of fused-ring (bicyclic) bond motifs is 1. The Morgan fingerprint density at radius 3 is 2.68 bits per heavy atom. The summed E-state index contributed by atoms with van der Waals surface area (Å²) in [5.74, 6) is -0.566. The lowest BCUT2D eigenvalue weighted by molar-refractivity contribution is -0.153. The quantitative estimate of drug-likeness (QED) is 0.423. The average molecular weight is 513 g/mol. The van der Waals surface area contributed by atoms with Crippen LogP contribution in [-0.2, 0) is 32.8 Å². The van der Waals surface area contributed by atoms with Crippen LogP contribution in [0.4, 0.5) is 13.2 Å². The van der Waals surface area contributed by atoms with Gasteiger partial charge < -0.3 is 9.47 Å². The number of carbonyl (C=O) groups excluding carboxylic acids is 1. The van der Waals surface area contributed by atoms with Gasteiger partial charge in [-0.3, -0.25) is 9.36 Å². The van der Waals surface area contributed by atoms with Gasteiger partial charge in [-0.15, -0.1) is 11.8 Å². The van der Waals surface area contributed by atoms with E-state index in [1.807, 2.05) is 6.07 Å². The Morgan fingerprint density at radius 1 is 1.23 bits per heavy atom. The number of rotatable bonds is 5. The summed E-state index contributed by atoms with van der Waals surface area (Å²) in [6.07, 6.45) is -2.88. The van der Waals surface area contributed by atoms with Gasteiger partial charge in [-0.25, -0.2) is 4.98 Å². The zero-order valence-corrected chi connectivity index (χ0v) is 18.5. The number of ether oxygens (including phenoxy) is 2. The van der Waals surface area contributed by atoms with E-state index in [2.05, 4.69) is 20.9 Å². The van der Waals surface area contributed by atoms with Gasteiger partial charge in [0.1, 0.15) is 0 Å². The highest BCUT2D eigenvalue weighted by molar-refractivity contribution is 9.10. The summed E-state index contributed by atoms with van der Waals surface area (Å²) < 4.78 is 53.6. The molecule has 0 bridgehead atoms. The van der Waals surface area contributed by atoms with Crippen LogP contribution in [0, 0.1) is 0 Å². The largest absolute Gasteiger partial charge is 0.468 e. The number of halogens is 4. The summed E-state index contributed by atoms with van der Waals surface area (Å²) in [4.78, 5) is 17.1. The van der Waals surface area contributed by atoms with E-state index in [1.54, 1.807) is 34.3 Å². The number of nitrogens with zero attached hydrogens (tertiary/aromatic N) is 2.